The summed E-state index contributed by atoms with van der Waals surface area (Å²) in [5.41, 5.74) is 9.24. The Morgan fingerprint density at radius 1 is 1.10 bits per heavy atom. The van der Waals surface area contributed by atoms with Crippen LogP contribution in [-0.4, -0.2) is 6.61 Å². The van der Waals surface area contributed by atoms with E-state index in [0.29, 0.717) is 13.2 Å². The van der Waals surface area contributed by atoms with Crippen molar-refractivity contribution in [3.05, 3.63) is 59.2 Å². The van der Waals surface area contributed by atoms with Crippen LogP contribution < -0.4 is 15.2 Å². The number of aryl methyl sites for hydroxylation is 1. The number of ether oxygens (including phenoxy) is 2. The Morgan fingerprint density at radius 2 is 1.90 bits per heavy atom. The maximum absolute atomic E-state index is 5.95. The molecule has 0 bridgehead atoms. The number of benzene rings is 2. The van der Waals surface area contributed by atoms with Crippen molar-refractivity contribution >= 4 is 0 Å². The average Bonchev–Trinajstić information content (AvgIpc) is 2.46. The van der Waals surface area contributed by atoms with E-state index in [1.54, 1.807) is 0 Å². The van der Waals surface area contributed by atoms with Gasteiger partial charge in [-0.2, -0.15) is 0 Å². The minimum Gasteiger partial charge on any atom is -0.493 e. The lowest BCUT2D eigenvalue weighted by atomic mass is 10.1. The molecular weight excluding hydrogens is 262 g/mol. The number of hydrogen-bond acceptors (Lipinski definition) is 3. The first kappa shape index (κ1) is 15.4. The van der Waals surface area contributed by atoms with Gasteiger partial charge in [-0.3, -0.25) is 0 Å². The van der Waals surface area contributed by atoms with E-state index in [0.717, 1.165) is 22.6 Å². The van der Waals surface area contributed by atoms with E-state index in [1.165, 1.54) is 5.56 Å². The molecule has 112 valence electrons. The van der Waals surface area contributed by atoms with Crippen LogP contribution in [0.5, 0.6) is 11.5 Å². The molecule has 0 heterocycles. The van der Waals surface area contributed by atoms with E-state index in [9.17, 15) is 0 Å². The Morgan fingerprint density at radius 3 is 2.57 bits per heavy atom. The first-order chi connectivity index (χ1) is 10.1. The molecule has 0 aliphatic heterocycles. The minimum atomic E-state index is -0.00148. The zero-order chi connectivity index (χ0) is 15.2. The van der Waals surface area contributed by atoms with Crippen molar-refractivity contribution in [1.82, 2.24) is 0 Å². The quantitative estimate of drug-likeness (QED) is 0.872. The Bertz CT molecular complexity index is 594. The molecule has 0 saturated carbocycles. The molecule has 21 heavy (non-hydrogen) atoms. The first-order valence-electron chi connectivity index (χ1n) is 7.31. The smallest absolute Gasteiger partial charge is 0.125 e. The van der Waals surface area contributed by atoms with Crippen molar-refractivity contribution in [3.8, 4) is 11.5 Å². The molecule has 2 rings (SSSR count). The normalized spacial score (nSPS) is 12.0. The van der Waals surface area contributed by atoms with Gasteiger partial charge in [-0.05, 0) is 56.2 Å². The molecule has 0 aliphatic carbocycles. The summed E-state index contributed by atoms with van der Waals surface area (Å²) in [5, 5.41) is 0. The molecular formula is C18H23NO2. The van der Waals surface area contributed by atoms with E-state index >= 15 is 0 Å². The average molecular weight is 285 g/mol. The SMILES string of the molecule is CCOc1ccc(C(C)N)cc1COc1cccc(C)c1. The molecule has 2 aromatic rings. The molecule has 3 heteroatoms. The van der Waals surface area contributed by atoms with Crippen molar-refractivity contribution in [2.45, 2.75) is 33.4 Å². The number of hydrogen-bond donors (Lipinski definition) is 1. The minimum absolute atomic E-state index is 0.00148. The van der Waals surface area contributed by atoms with Crippen molar-refractivity contribution in [1.29, 1.82) is 0 Å². The van der Waals surface area contributed by atoms with E-state index in [2.05, 4.69) is 19.1 Å². The van der Waals surface area contributed by atoms with Crippen LogP contribution >= 0.6 is 0 Å². The van der Waals surface area contributed by atoms with Gasteiger partial charge in [-0.1, -0.05) is 18.2 Å². The van der Waals surface area contributed by atoms with Crippen LogP contribution in [0.25, 0.3) is 0 Å². The molecule has 3 nitrogen and oxygen atoms in total. The molecule has 0 aromatic heterocycles. The Hall–Kier alpha value is -2.00. The van der Waals surface area contributed by atoms with Crippen molar-refractivity contribution in [2.24, 2.45) is 5.73 Å². The topological polar surface area (TPSA) is 44.5 Å². The first-order valence-corrected chi connectivity index (χ1v) is 7.31. The summed E-state index contributed by atoms with van der Waals surface area (Å²) in [5.74, 6) is 1.72. The van der Waals surface area contributed by atoms with Gasteiger partial charge in [0.2, 0.25) is 0 Å². The lowest BCUT2D eigenvalue weighted by Gasteiger charge is -2.15. The van der Waals surface area contributed by atoms with Crippen LogP contribution in [0.15, 0.2) is 42.5 Å². The molecule has 0 saturated heterocycles. The highest BCUT2D eigenvalue weighted by molar-refractivity contribution is 5.38. The standard InChI is InChI=1S/C18H23NO2/c1-4-20-18-9-8-15(14(3)19)11-16(18)12-21-17-7-5-6-13(2)10-17/h5-11,14H,4,12,19H2,1-3H3. The molecule has 2 N–H and O–H groups in total. The molecule has 1 atom stereocenters. The highest BCUT2D eigenvalue weighted by Crippen LogP contribution is 2.25. The monoisotopic (exact) mass is 285 g/mol. The summed E-state index contributed by atoms with van der Waals surface area (Å²) in [7, 11) is 0. The fourth-order valence-corrected chi connectivity index (χ4v) is 2.16. The van der Waals surface area contributed by atoms with Gasteiger partial charge in [0.1, 0.15) is 18.1 Å². The van der Waals surface area contributed by atoms with E-state index in [4.69, 9.17) is 15.2 Å². The summed E-state index contributed by atoms with van der Waals surface area (Å²) in [6, 6.07) is 14.1. The van der Waals surface area contributed by atoms with E-state index in [1.807, 2.05) is 44.2 Å². The van der Waals surface area contributed by atoms with E-state index < -0.39 is 0 Å². The third kappa shape index (κ3) is 4.23. The molecule has 2 aromatic carbocycles. The Kier molecular flexibility index (Phi) is 5.23. The van der Waals surface area contributed by atoms with Gasteiger partial charge in [0, 0.05) is 11.6 Å². The van der Waals surface area contributed by atoms with Gasteiger partial charge in [-0.25, -0.2) is 0 Å². The molecule has 0 fully saturated rings. The zero-order valence-corrected chi connectivity index (χ0v) is 12.9. The van der Waals surface area contributed by atoms with Crippen LogP contribution in [-0.2, 0) is 6.61 Å². The second kappa shape index (κ2) is 7.14. The summed E-state index contributed by atoms with van der Waals surface area (Å²) in [6.07, 6.45) is 0. The van der Waals surface area contributed by atoms with Crippen molar-refractivity contribution in [2.75, 3.05) is 6.61 Å². The third-order valence-electron chi connectivity index (χ3n) is 3.29. The highest BCUT2D eigenvalue weighted by atomic mass is 16.5. The van der Waals surface area contributed by atoms with Crippen LogP contribution in [0.1, 0.15) is 36.6 Å². The summed E-state index contributed by atoms with van der Waals surface area (Å²) >= 11 is 0. The van der Waals surface area contributed by atoms with Gasteiger partial charge in [0.05, 0.1) is 6.61 Å². The largest absolute Gasteiger partial charge is 0.493 e. The van der Waals surface area contributed by atoms with Crippen molar-refractivity contribution < 1.29 is 9.47 Å². The van der Waals surface area contributed by atoms with Crippen LogP contribution in [0.4, 0.5) is 0 Å². The summed E-state index contributed by atoms with van der Waals surface area (Å²) in [6.45, 7) is 7.11. The lowest BCUT2D eigenvalue weighted by molar-refractivity contribution is 0.286. The highest BCUT2D eigenvalue weighted by Gasteiger charge is 2.08. The van der Waals surface area contributed by atoms with Crippen LogP contribution in [0.3, 0.4) is 0 Å². The maximum atomic E-state index is 5.95. The molecule has 0 spiro atoms. The van der Waals surface area contributed by atoms with Gasteiger partial charge in [0.25, 0.3) is 0 Å². The predicted molar refractivity (Wildman–Crippen MR) is 85.7 cm³/mol. The van der Waals surface area contributed by atoms with Crippen LogP contribution in [0, 0.1) is 6.92 Å². The van der Waals surface area contributed by atoms with Gasteiger partial charge < -0.3 is 15.2 Å². The van der Waals surface area contributed by atoms with Gasteiger partial charge >= 0.3 is 0 Å². The predicted octanol–water partition coefficient (Wildman–Crippen LogP) is 3.99. The molecule has 1 unspecified atom stereocenters. The Labute approximate surface area is 126 Å². The third-order valence-corrected chi connectivity index (χ3v) is 3.29. The molecule has 0 amide bonds. The summed E-state index contributed by atoms with van der Waals surface area (Å²) in [4.78, 5) is 0. The van der Waals surface area contributed by atoms with Crippen LogP contribution in [0.2, 0.25) is 0 Å². The van der Waals surface area contributed by atoms with Crippen molar-refractivity contribution in [3.63, 3.8) is 0 Å². The number of rotatable bonds is 6. The lowest BCUT2D eigenvalue weighted by Crippen LogP contribution is -2.07. The van der Waals surface area contributed by atoms with Gasteiger partial charge in [0.15, 0.2) is 0 Å². The maximum Gasteiger partial charge on any atom is 0.125 e. The Balaban J connectivity index is 2.18. The van der Waals surface area contributed by atoms with E-state index in [-0.39, 0.29) is 6.04 Å². The molecule has 0 radical (unpaired) electrons. The second-order valence-corrected chi connectivity index (χ2v) is 5.19. The molecule has 0 aliphatic rings. The summed E-state index contributed by atoms with van der Waals surface area (Å²) < 4.78 is 11.5. The zero-order valence-electron chi connectivity index (χ0n) is 12.9. The van der Waals surface area contributed by atoms with Gasteiger partial charge in [-0.15, -0.1) is 0 Å². The fraction of sp³-hybridized carbons (Fsp3) is 0.333. The fourth-order valence-electron chi connectivity index (χ4n) is 2.16. The second-order valence-electron chi connectivity index (χ2n) is 5.19. The number of nitrogens with two attached hydrogens (primary N) is 1.